The van der Waals surface area contributed by atoms with E-state index in [2.05, 4.69) is 5.32 Å². The van der Waals surface area contributed by atoms with Crippen LogP contribution in [0.15, 0.2) is 47.8 Å². The van der Waals surface area contributed by atoms with E-state index in [0.29, 0.717) is 24.2 Å². The predicted molar refractivity (Wildman–Crippen MR) is 99.9 cm³/mol. The van der Waals surface area contributed by atoms with Gasteiger partial charge in [0.05, 0.1) is 31.2 Å². The molecule has 1 N–H and O–H groups in total. The van der Waals surface area contributed by atoms with Crippen molar-refractivity contribution in [1.82, 2.24) is 0 Å². The number of hydrogen-bond donors (Lipinski definition) is 1. The molecule has 0 saturated heterocycles. The Morgan fingerprint density at radius 3 is 2.52 bits per heavy atom. The molecule has 27 heavy (non-hydrogen) atoms. The summed E-state index contributed by atoms with van der Waals surface area (Å²) < 4.78 is 9.74. The molecular weight excluding hydrogens is 348 g/mol. The van der Waals surface area contributed by atoms with Crippen LogP contribution in [0.5, 0.6) is 0 Å². The molecule has 0 atom stereocenters. The van der Waals surface area contributed by atoms with Gasteiger partial charge in [-0.05, 0) is 42.7 Å². The second-order valence-corrected chi connectivity index (χ2v) is 6.18. The number of amides is 1. The summed E-state index contributed by atoms with van der Waals surface area (Å²) in [5, 5.41) is 2.88. The molecule has 7 nitrogen and oxygen atoms in total. The van der Waals surface area contributed by atoms with Crippen molar-refractivity contribution < 1.29 is 23.9 Å². The van der Waals surface area contributed by atoms with Gasteiger partial charge < -0.3 is 19.7 Å². The molecule has 3 rings (SSSR count). The standard InChI is InChI=1S/C20H20N2O5/c1-12-10-13-7-8-16(23)21-17(13)15(11-12)22-9-5-4-6-14(19(24)26-2)18(22)20(25)27-3/h4-6,9-11H,7-8H2,1-3H3,(H,21,23). The average molecular weight is 368 g/mol. The molecule has 0 radical (unpaired) electrons. The lowest BCUT2D eigenvalue weighted by molar-refractivity contribution is -0.139. The highest BCUT2D eigenvalue weighted by molar-refractivity contribution is 6.07. The third kappa shape index (κ3) is 3.48. The maximum atomic E-state index is 12.6. The molecule has 0 spiro atoms. The Hall–Kier alpha value is -3.35. The molecule has 7 heteroatoms. The summed E-state index contributed by atoms with van der Waals surface area (Å²) in [6.07, 6.45) is 7.48. The van der Waals surface area contributed by atoms with Crippen LogP contribution in [-0.4, -0.2) is 32.1 Å². The second kappa shape index (κ2) is 7.49. The Morgan fingerprint density at radius 1 is 1.07 bits per heavy atom. The number of allylic oxidation sites excluding steroid dienone is 2. The van der Waals surface area contributed by atoms with Gasteiger partial charge in [-0.15, -0.1) is 0 Å². The quantitative estimate of drug-likeness (QED) is 0.825. The highest BCUT2D eigenvalue weighted by Crippen LogP contribution is 2.38. The van der Waals surface area contributed by atoms with Gasteiger partial charge in [-0.1, -0.05) is 12.1 Å². The Labute approximate surface area is 156 Å². The van der Waals surface area contributed by atoms with Crippen LogP contribution < -0.4 is 10.2 Å². The van der Waals surface area contributed by atoms with Gasteiger partial charge in [-0.25, -0.2) is 9.59 Å². The van der Waals surface area contributed by atoms with E-state index in [1.165, 1.54) is 20.3 Å². The summed E-state index contributed by atoms with van der Waals surface area (Å²) in [5.74, 6) is -1.45. The molecule has 2 aliphatic rings. The lowest BCUT2D eigenvalue weighted by atomic mass is 9.98. The summed E-state index contributed by atoms with van der Waals surface area (Å²) in [5.41, 5.74) is 3.22. The molecule has 0 unspecified atom stereocenters. The minimum atomic E-state index is -0.691. The smallest absolute Gasteiger partial charge is 0.355 e. The Kier molecular flexibility index (Phi) is 5.12. The Morgan fingerprint density at radius 2 is 1.81 bits per heavy atom. The first-order valence-electron chi connectivity index (χ1n) is 8.44. The van der Waals surface area contributed by atoms with Crippen LogP contribution in [0, 0.1) is 6.92 Å². The third-order valence-electron chi connectivity index (χ3n) is 4.38. The third-order valence-corrected chi connectivity index (χ3v) is 4.38. The first-order valence-corrected chi connectivity index (χ1v) is 8.44. The molecule has 2 aliphatic heterocycles. The number of carbonyl (C=O) groups is 3. The number of benzene rings is 1. The van der Waals surface area contributed by atoms with Crippen LogP contribution >= 0.6 is 0 Å². The summed E-state index contributed by atoms with van der Waals surface area (Å²) in [4.78, 5) is 38.4. The first-order chi connectivity index (χ1) is 13.0. The average Bonchev–Trinajstić information content (AvgIpc) is 2.89. The molecular formula is C20H20N2O5. The zero-order chi connectivity index (χ0) is 19.6. The van der Waals surface area contributed by atoms with Gasteiger partial charge in [0, 0.05) is 12.6 Å². The molecule has 1 amide bonds. The lowest BCUT2D eigenvalue weighted by Gasteiger charge is -2.29. The fourth-order valence-corrected chi connectivity index (χ4v) is 3.17. The number of methoxy groups -OCH3 is 2. The lowest BCUT2D eigenvalue weighted by Crippen LogP contribution is -2.29. The van der Waals surface area contributed by atoms with E-state index in [0.717, 1.165) is 11.1 Å². The highest BCUT2D eigenvalue weighted by Gasteiger charge is 2.30. The molecule has 140 valence electrons. The molecule has 0 aliphatic carbocycles. The first kappa shape index (κ1) is 18.4. The molecule has 0 saturated carbocycles. The summed E-state index contributed by atoms with van der Waals surface area (Å²) >= 11 is 0. The van der Waals surface area contributed by atoms with E-state index in [-0.39, 0.29) is 17.2 Å². The minimum absolute atomic E-state index is 0.0157. The van der Waals surface area contributed by atoms with E-state index in [1.807, 2.05) is 19.1 Å². The number of hydrogen-bond acceptors (Lipinski definition) is 6. The van der Waals surface area contributed by atoms with E-state index >= 15 is 0 Å². The fourth-order valence-electron chi connectivity index (χ4n) is 3.17. The van der Waals surface area contributed by atoms with Crippen LogP contribution in [-0.2, 0) is 30.3 Å². The number of nitrogens with zero attached hydrogens (tertiary/aromatic N) is 1. The van der Waals surface area contributed by atoms with Crippen molar-refractivity contribution in [3.8, 4) is 0 Å². The molecule has 2 heterocycles. The van der Waals surface area contributed by atoms with E-state index < -0.39 is 11.9 Å². The molecule has 1 aromatic rings. The van der Waals surface area contributed by atoms with Crippen molar-refractivity contribution in [2.75, 3.05) is 24.4 Å². The number of esters is 2. The topological polar surface area (TPSA) is 84.9 Å². The maximum absolute atomic E-state index is 12.6. The van der Waals surface area contributed by atoms with Crippen molar-refractivity contribution in [3.05, 3.63) is 59.0 Å². The van der Waals surface area contributed by atoms with E-state index in [9.17, 15) is 14.4 Å². The van der Waals surface area contributed by atoms with Crippen LogP contribution in [0.1, 0.15) is 17.5 Å². The zero-order valence-corrected chi connectivity index (χ0v) is 15.4. The maximum Gasteiger partial charge on any atom is 0.355 e. The number of aryl methyl sites for hydroxylation is 2. The van der Waals surface area contributed by atoms with Crippen LogP contribution in [0.3, 0.4) is 0 Å². The van der Waals surface area contributed by atoms with E-state index in [1.54, 1.807) is 23.3 Å². The number of fused-ring (bicyclic) bond motifs is 1. The number of ether oxygens (including phenoxy) is 2. The molecule has 1 aromatic carbocycles. The highest BCUT2D eigenvalue weighted by atomic mass is 16.5. The SMILES string of the molecule is COC(=O)C1=C(C(=O)OC)N(c2cc(C)cc3c2NC(=O)CC3)C=CC=C1. The Balaban J connectivity index is 2.25. The summed E-state index contributed by atoms with van der Waals surface area (Å²) in [7, 11) is 2.49. The van der Waals surface area contributed by atoms with Gasteiger partial charge in [0.15, 0.2) is 0 Å². The summed E-state index contributed by atoms with van der Waals surface area (Å²) in [6, 6.07) is 3.85. The van der Waals surface area contributed by atoms with Gasteiger partial charge in [0.1, 0.15) is 5.70 Å². The second-order valence-electron chi connectivity index (χ2n) is 6.18. The number of rotatable bonds is 3. The Bertz CT molecular complexity index is 911. The van der Waals surface area contributed by atoms with Crippen LogP contribution in [0.4, 0.5) is 11.4 Å². The van der Waals surface area contributed by atoms with Crippen molar-refractivity contribution in [1.29, 1.82) is 0 Å². The van der Waals surface area contributed by atoms with Crippen molar-refractivity contribution in [2.24, 2.45) is 0 Å². The minimum Gasteiger partial charge on any atom is -0.465 e. The number of anilines is 2. The zero-order valence-electron chi connectivity index (χ0n) is 15.4. The van der Waals surface area contributed by atoms with Gasteiger partial charge in [-0.2, -0.15) is 0 Å². The molecule has 0 fully saturated rings. The van der Waals surface area contributed by atoms with Crippen LogP contribution in [0.25, 0.3) is 0 Å². The van der Waals surface area contributed by atoms with Crippen molar-refractivity contribution >= 4 is 29.2 Å². The molecule has 0 bridgehead atoms. The predicted octanol–water partition coefficient (Wildman–Crippen LogP) is 2.37. The van der Waals surface area contributed by atoms with Gasteiger partial charge in [-0.3, -0.25) is 4.79 Å². The fraction of sp³-hybridized carbons (Fsp3) is 0.250. The van der Waals surface area contributed by atoms with Gasteiger partial charge in [0.25, 0.3) is 0 Å². The normalized spacial score (nSPS) is 15.8. The number of carbonyl (C=O) groups excluding carboxylic acids is 3. The van der Waals surface area contributed by atoms with Crippen molar-refractivity contribution in [2.45, 2.75) is 19.8 Å². The number of nitrogens with one attached hydrogen (secondary N) is 1. The monoisotopic (exact) mass is 368 g/mol. The largest absolute Gasteiger partial charge is 0.465 e. The van der Waals surface area contributed by atoms with Crippen LogP contribution in [0.2, 0.25) is 0 Å². The van der Waals surface area contributed by atoms with Gasteiger partial charge in [0.2, 0.25) is 5.91 Å². The van der Waals surface area contributed by atoms with Crippen molar-refractivity contribution in [3.63, 3.8) is 0 Å². The van der Waals surface area contributed by atoms with Gasteiger partial charge >= 0.3 is 11.9 Å². The van der Waals surface area contributed by atoms with E-state index in [4.69, 9.17) is 9.47 Å². The summed E-state index contributed by atoms with van der Waals surface area (Å²) in [6.45, 7) is 1.93. The molecule has 0 aromatic heterocycles.